The van der Waals surface area contributed by atoms with Crippen LogP contribution < -0.4 is 0 Å². The van der Waals surface area contributed by atoms with Gasteiger partial charge >= 0.3 is 5.97 Å². The molecule has 1 aliphatic heterocycles. The van der Waals surface area contributed by atoms with Crippen LogP contribution in [-0.4, -0.2) is 43.1 Å². The minimum Gasteiger partial charge on any atom is -0.455 e. The van der Waals surface area contributed by atoms with E-state index < -0.39 is 24.3 Å². The molecule has 5 nitrogen and oxygen atoms in total. The Morgan fingerprint density at radius 2 is 2.06 bits per heavy atom. The molecule has 98 valence electrons. The minimum atomic E-state index is -0.974. The number of hydrogen-bond donors (Lipinski definition) is 1. The molecule has 0 bridgehead atoms. The highest BCUT2D eigenvalue weighted by Crippen LogP contribution is 2.18. The molecule has 1 N–H and O–H groups in total. The van der Waals surface area contributed by atoms with Crippen molar-refractivity contribution in [3.8, 4) is 0 Å². The Kier molecular flexibility index (Phi) is 4.30. The second-order valence-electron chi connectivity index (χ2n) is 4.12. The lowest BCUT2D eigenvalue weighted by atomic mass is 10.1. The summed E-state index contributed by atoms with van der Waals surface area (Å²) in [5.41, 5.74) is 1.03. The summed E-state index contributed by atoms with van der Waals surface area (Å²) in [7, 11) is 1.36. The van der Waals surface area contributed by atoms with Gasteiger partial charge in [-0.2, -0.15) is 0 Å². The first-order valence-corrected chi connectivity index (χ1v) is 5.75. The third-order valence-electron chi connectivity index (χ3n) is 2.84. The number of carbonyl (C=O) groups is 1. The topological polar surface area (TPSA) is 65.0 Å². The van der Waals surface area contributed by atoms with Crippen molar-refractivity contribution in [2.75, 3.05) is 13.7 Å². The summed E-state index contributed by atoms with van der Waals surface area (Å²) in [5, 5.41) is 9.77. The van der Waals surface area contributed by atoms with Crippen LogP contribution in [0.2, 0.25) is 0 Å². The van der Waals surface area contributed by atoms with Gasteiger partial charge < -0.3 is 19.3 Å². The van der Waals surface area contributed by atoms with Crippen molar-refractivity contribution in [1.29, 1.82) is 0 Å². The van der Waals surface area contributed by atoms with Gasteiger partial charge in [-0.05, 0) is 5.56 Å². The highest BCUT2D eigenvalue weighted by atomic mass is 16.6. The zero-order valence-electron chi connectivity index (χ0n) is 10.1. The molecule has 1 aliphatic rings. The highest BCUT2D eigenvalue weighted by molar-refractivity contribution is 5.78. The Morgan fingerprint density at radius 1 is 1.33 bits per heavy atom. The van der Waals surface area contributed by atoms with Crippen molar-refractivity contribution < 1.29 is 24.1 Å². The van der Waals surface area contributed by atoms with Gasteiger partial charge in [-0.3, -0.25) is 0 Å². The second kappa shape index (κ2) is 5.95. The van der Waals surface area contributed by atoms with Crippen LogP contribution in [0.5, 0.6) is 0 Å². The van der Waals surface area contributed by atoms with Crippen LogP contribution in [0.25, 0.3) is 0 Å². The van der Waals surface area contributed by atoms with Crippen molar-refractivity contribution in [2.45, 2.75) is 24.9 Å². The first kappa shape index (κ1) is 13.0. The summed E-state index contributed by atoms with van der Waals surface area (Å²) in [6.07, 6.45) is -2.54. The minimum absolute atomic E-state index is 0.154. The molecule has 0 spiro atoms. The molecule has 0 radical (unpaired) electrons. The fourth-order valence-electron chi connectivity index (χ4n) is 1.86. The molecule has 5 heteroatoms. The van der Waals surface area contributed by atoms with Gasteiger partial charge in [0, 0.05) is 7.11 Å². The summed E-state index contributed by atoms with van der Waals surface area (Å²) < 4.78 is 15.2. The van der Waals surface area contributed by atoms with Gasteiger partial charge in [-0.15, -0.1) is 0 Å². The lowest BCUT2D eigenvalue weighted by Gasteiger charge is -2.14. The van der Waals surface area contributed by atoms with Crippen LogP contribution >= 0.6 is 0 Å². The maximum Gasteiger partial charge on any atom is 0.338 e. The molecule has 1 aromatic rings. The van der Waals surface area contributed by atoms with E-state index >= 15 is 0 Å². The van der Waals surface area contributed by atoms with E-state index in [1.54, 1.807) is 0 Å². The van der Waals surface area contributed by atoms with Crippen molar-refractivity contribution in [3.63, 3.8) is 0 Å². The van der Waals surface area contributed by atoms with Gasteiger partial charge in [0.25, 0.3) is 0 Å². The molecular weight excluding hydrogens is 236 g/mol. The van der Waals surface area contributed by atoms with Gasteiger partial charge in [-0.1, -0.05) is 30.3 Å². The van der Waals surface area contributed by atoms with E-state index in [1.165, 1.54) is 7.11 Å². The van der Waals surface area contributed by atoms with Crippen LogP contribution in [0.3, 0.4) is 0 Å². The monoisotopic (exact) mass is 252 g/mol. The molecule has 1 heterocycles. The molecule has 2 rings (SSSR count). The van der Waals surface area contributed by atoms with E-state index in [2.05, 4.69) is 0 Å². The number of aliphatic hydroxyl groups excluding tert-OH is 1. The Bertz CT molecular complexity index is 392. The maximum atomic E-state index is 11.3. The average molecular weight is 252 g/mol. The normalized spacial score (nSPS) is 27.2. The zero-order chi connectivity index (χ0) is 13.0. The van der Waals surface area contributed by atoms with Crippen molar-refractivity contribution >= 4 is 5.97 Å². The maximum absolute atomic E-state index is 11.3. The van der Waals surface area contributed by atoms with E-state index in [1.807, 2.05) is 30.3 Å². The van der Waals surface area contributed by atoms with Gasteiger partial charge in [0.05, 0.1) is 13.2 Å². The van der Waals surface area contributed by atoms with Crippen LogP contribution in [0.15, 0.2) is 30.3 Å². The lowest BCUT2D eigenvalue weighted by molar-refractivity contribution is -0.150. The Labute approximate surface area is 105 Å². The van der Waals surface area contributed by atoms with E-state index in [-0.39, 0.29) is 6.61 Å². The number of ether oxygens (including phenoxy) is 3. The molecule has 1 aromatic carbocycles. The molecule has 1 saturated heterocycles. The molecule has 0 aliphatic carbocycles. The van der Waals surface area contributed by atoms with E-state index in [9.17, 15) is 9.90 Å². The second-order valence-corrected chi connectivity index (χ2v) is 4.12. The van der Waals surface area contributed by atoms with E-state index in [0.717, 1.165) is 5.56 Å². The number of benzene rings is 1. The van der Waals surface area contributed by atoms with Crippen molar-refractivity contribution in [2.24, 2.45) is 0 Å². The molecule has 18 heavy (non-hydrogen) atoms. The van der Waals surface area contributed by atoms with Crippen LogP contribution in [0.4, 0.5) is 0 Å². The number of cyclic esters (lactones) is 1. The lowest BCUT2D eigenvalue weighted by Crippen LogP contribution is -2.34. The fraction of sp³-hybridized carbons (Fsp3) is 0.462. The predicted molar refractivity (Wildman–Crippen MR) is 62.8 cm³/mol. The number of esters is 1. The van der Waals surface area contributed by atoms with Gasteiger partial charge in [0.2, 0.25) is 0 Å². The molecule has 0 amide bonds. The Morgan fingerprint density at radius 3 is 2.67 bits per heavy atom. The third-order valence-corrected chi connectivity index (χ3v) is 2.84. The summed E-state index contributed by atoms with van der Waals surface area (Å²) >= 11 is 0. The van der Waals surface area contributed by atoms with Crippen LogP contribution in [0, 0.1) is 0 Å². The molecule has 3 atom stereocenters. The third kappa shape index (κ3) is 2.87. The number of rotatable bonds is 5. The van der Waals surface area contributed by atoms with Gasteiger partial charge in [0.15, 0.2) is 12.2 Å². The molecule has 0 saturated carbocycles. The van der Waals surface area contributed by atoms with Gasteiger partial charge in [-0.25, -0.2) is 4.79 Å². The number of hydrogen-bond acceptors (Lipinski definition) is 5. The van der Waals surface area contributed by atoms with Crippen LogP contribution in [-0.2, 0) is 25.6 Å². The molecular formula is C13H16O5. The summed E-state index contributed by atoms with van der Waals surface area (Å²) in [4.78, 5) is 11.3. The van der Waals surface area contributed by atoms with E-state index in [4.69, 9.17) is 14.2 Å². The Balaban J connectivity index is 1.79. The zero-order valence-corrected chi connectivity index (χ0v) is 10.1. The highest BCUT2D eigenvalue weighted by Gasteiger charge is 2.44. The first-order valence-electron chi connectivity index (χ1n) is 5.75. The van der Waals surface area contributed by atoms with Crippen LogP contribution in [0.1, 0.15) is 5.56 Å². The smallest absolute Gasteiger partial charge is 0.338 e. The average Bonchev–Trinajstić information content (AvgIpc) is 2.65. The first-order chi connectivity index (χ1) is 8.72. The van der Waals surface area contributed by atoms with Gasteiger partial charge in [0.1, 0.15) is 6.10 Å². The summed E-state index contributed by atoms with van der Waals surface area (Å²) in [6, 6.07) is 9.65. The molecule has 0 unspecified atom stereocenters. The molecule has 1 fully saturated rings. The quantitative estimate of drug-likeness (QED) is 0.773. The number of aliphatic hydroxyl groups is 1. The largest absolute Gasteiger partial charge is 0.455 e. The predicted octanol–water partition coefficient (Wildman–Crippen LogP) is 0.504. The summed E-state index contributed by atoms with van der Waals surface area (Å²) in [5.74, 6) is -0.543. The van der Waals surface area contributed by atoms with Crippen molar-refractivity contribution in [3.05, 3.63) is 35.9 Å². The number of carbonyl (C=O) groups excluding carboxylic acids is 1. The molecule has 0 aromatic heterocycles. The van der Waals surface area contributed by atoms with E-state index in [0.29, 0.717) is 6.61 Å². The fourth-order valence-corrected chi connectivity index (χ4v) is 1.86. The van der Waals surface area contributed by atoms with Crippen molar-refractivity contribution in [1.82, 2.24) is 0 Å². The number of methoxy groups -OCH3 is 1. The summed E-state index contributed by atoms with van der Waals surface area (Å²) in [6.45, 7) is 0.570. The Hall–Kier alpha value is -1.43. The SMILES string of the molecule is CO[C@H]1C(=O)O[C@H](COCc2ccccc2)[C@H]1O. The standard InChI is InChI=1S/C13H16O5/c1-16-12-11(14)10(18-13(12)15)8-17-7-9-5-3-2-4-6-9/h2-6,10-12,14H,7-8H2,1H3/t10-,11-,12-/m1/s1.